The summed E-state index contributed by atoms with van der Waals surface area (Å²) in [4.78, 5) is 2.20. The third-order valence-corrected chi connectivity index (χ3v) is 2.45. The zero-order valence-electron chi connectivity index (χ0n) is 6.96. The Morgan fingerprint density at radius 1 is 1.55 bits per heavy atom. The van der Waals surface area contributed by atoms with Crippen molar-refractivity contribution in [1.29, 1.82) is 0 Å². The van der Waals surface area contributed by atoms with Gasteiger partial charge in [0.2, 0.25) is 0 Å². The van der Waals surface area contributed by atoms with Crippen LogP contribution in [0.1, 0.15) is 12.8 Å². The lowest BCUT2D eigenvalue weighted by molar-refractivity contribution is 0.0851. The van der Waals surface area contributed by atoms with Gasteiger partial charge in [0.1, 0.15) is 6.17 Å². The number of nitrogens with zero attached hydrogens (tertiary/aromatic N) is 1. The summed E-state index contributed by atoms with van der Waals surface area (Å²) in [5, 5.41) is 8.56. The third-order valence-electron chi connectivity index (χ3n) is 2.45. The Labute approximate surface area is 67.0 Å². The Balaban J connectivity index is 2.27. The predicted molar refractivity (Wildman–Crippen MR) is 42.2 cm³/mol. The van der Waals surface area contributed by atoms with E-state index in [0.29, 0.717) is 0 Å². The van der Waals surface area contributed by atoms with Crippen molar-refractivity contribution in [1.82, 2.24) is 4.90 Å². The summed E-state index contributed by atoms with van der Waals surface area (Å²) in [6.07, 6.45) is 0.778. The molecule has 1 N–H and O–H groups in total. The van der Waals surface area contributed by atoms with E-state index in [2.05, 4.69) is 4.90 Å². The lowest BCUT2D eigenvalue weighted by atomic mass is 9.93. The lowest BCUT2D eigenvalue weighted by Gasteiger charge is -2.30. The largest absolute Gasteiger partial charge is 0.393 e. The SMILES string of the molecule is CN1CCC(C(F)CO)CC1. The summed E-state index contributed by atoms with van der Waals surface area (Å²) in [7, 11) is 2.04. The lowest BCUT2D eigenvalue weighted by Crippen LogP contribution is -2.35. The Morgan fingerprint density at radius 2 is 2.09 bits per heavy atom. The van der Waals surface area contributed by atoms with Gasteiger partial charge in [0, 0.05) is 0 Å². The molecule has 66 valence electrons. The van der Waals surface area contributed by atoms with Crippen LogP contribution in [0.2, 0.25) is 0 Å². The van der Waals surface area contributed by atoms with Crippen LogP contribution >= 0.6 is 0 Å². The van der Waals surface area contributed by atoms with Gasteiger partial charge in [-0.25, -0.2) is 4.39 Å². The van der Waals surface area contributed by atoms with E-state index >= 15 is 0 Å². The molecule has 2 nitrogen and oxygen atoms in total. The van der Waals surface area contributed by atoms with Crippen molar-refractivity contribution in [3.05, 3.63) is 0 Å². The van der Waals surface area contributed by atoms with Crippen molar-refractivity contribution < 1.29 is 9.50 Å². The van der Waals surface area contributed by atoms with Gasteiger partial charge in [0.25, 0.3) is 0 Å². The number of piperidine rings is 1. The van der Waals surface area contributed by atoms with Crippen LogP contribution in [0.15, 0.2) is 0 Å². The molecule has 1 rings (SSSR count). The monoisotopic (exact) mass is 161 g/mol. The van der Waals surface area contributed by atoms with Crippen LogP contribution in [-0.2, 0) is 0 Å². The van der Waals surface area contributed by atoms with Gasteiger partial charge in [-0.2, -0.15) is 0 Å². The van der Waals surface area contributed by atoms with Crippen molar-refractivity contribution in [3.63, 3.8) is 0 Å². The summed E-state index contributed by atoms with van der Waals surface area (Å²) in [5.41, 5.74) is 0. The van der Waals surface area contributed by atoms with Crippen LogP contribution in [-0.4, -0.2) is 42.9 Å². The van der Waals surface area contributed by atoms with E-state index in [-0.39, 0.29) is 12.5 Å². The highest BCUT2D eigenvalue weighted by molar-refractivity contribution is 4.75. The van der Waals surface area contributed by atoms with Crippen LogP contribution in [0.4, 0.5) is 4.39 Å². The molecular weight excluding hydrogens is 145 g/mol. The van der Waals surface area contributed by atoms with Gasteiger partial charge in [-0.3, -0.25) is 0 Å². The first-order valence-corrected chi connectivity index (χ1v) is 4.17. The molecule has 1 aliphatic rings. The number of aliphatic hydroxyl groups excluding tert-OH is 1. The Kier molecular flexibility index (Phi) is 3.27. The Morgan fingerprint density at radius 3 is 2.55 bits per heavy atom. The molecule has 0 aliphatic carbocycles. The van der Waals surface area contributed by atoms with E-state index in [0.717, 1.165) is 25.9 Å². The number of hydrogen-bond acceptors (Lipinski definition) is 2. The molecule has 0 aromatic rings. The topological polar surface area (TPSA) is 23.5 Å². The summed E-state index contributed by atoms with van der Waals surface area (Å²) < 4.78 is 12.9. The minimum atomic E-state index is -0.997. The molecule has 0 bridgehead atoms. The number of alkyl halides is 1. The van der Waals surface area contributed by atoms with E-state index in [1.807, 2.05) is 7.05 Å². The average molecular weight is 161 g/mol. The van der Waals surface area contributed by atoms with E-state index in [1.54, 1.807) is 0 Å². The first-order chi connectivity index (χ1) is 5.24. The smallest absolute Gasteiger partial charge is 0.126 e. The maximum absolute atomic E-state index is 12.9. The van der Waals surface area contributed by atoms with Crippen LogP contribution in [0, 0.1) is 5.92 Å². The highest BCUT2D eigenvalue weighted by Crippen LogP contribution is 2.21. The molecular formula is C8H16FNO. The average Bonchev–Trinajstić information content (AvgIpc) is 2.05. The van der Waals surface area contributed by atoms with E-state index < -0.39 is 6.17 Å². The van der Waals surface area contributed by atoms with Crippen molar-refractivity contribution in [2.24, 2.45) is 5.92 Å². The standard InChI is InChI=1S/C8H16FNO/c1-10-4-2-7(3-5-10)8(9)6-11/h7-8,11H,2-6H2,1H3. The van der Waals surface area contributed by atoms with Gasteiger partial charge < -0.3 is 10.0 Å². The molecule has 0 radical (unpaired) electrons. The second-order valence-electron chi connectivity index (χ2n) is 3.34. The summed E-state index contributed by atoms with van der Waals surface area (Å²) in [5.74, 6) is 0.0937. The summed E-state index contributed by atoms with van der Waals surface area (Å²) in [6.45, 7) is 1.62. The molecule has 1 fully saturated rings. The highest BCUT2D eigenvalue weighted by Gasteiger charge is 2.23. The predicted octanol–water partition coefficient (Wildman–Crippen LogP) is 0.659. The Hall–Kier alpha value is -0.150. The first-order valence-electron chi connectivity index (χ1n) is 4.17. The van der Waals surface area contributed by atoms with Crippen molar-refractivity contribution >= 4 is 0 Å². The number of halogens is 1. The molecule has 0 spiro atoms. The quantitative estimate of drug-likeness (QED) is 0.643. The molecule has 0 aromatic carbocycles. The fourth-order valence-corrected chi connectivity index (χ4v) is 1.54. The zero-order valence-corrected chi connectivity index (χ0v) is 6.96. The van der Waals surface area contributed by atoms with E-state index in [4.69, 9.17) is 5.11 Å². The van der Waals surface area contributed by atoms with Gasteiger partial charge in [0.05, 0.1) is 6.61 Å². The van der Waals surface area contributed by atoms with Crippen LogP contribution in [0.25, 0.3) is 0 Å². The number of aliphatic hydroxyl groups is 1. The third kappa shape index (κ3) is 2.42. The maximum Gasteiger partial charge on any atom is 0.126 e. The molecule has 1 unspecified atom stereocenters. The fraction of sp³-hybridized carbons (Fsp3) is 1.00. The van der Waals surface area contributed by atoms with Gasteiger partial charge in [-0.05, 0) is 38.9 Å². The summed E-state index contributed by atoms with van der Waals surface area (Å²) >= 11 is 0. The van der Waals surface area contributed by atoms with Crippen LogP contribution in [0.3, 0.4) is 0 Å². The molecule has 1 atom stereocenters. The normalized spacial score (nSPS) is 25.4. The molecule has 11 heavy (non-hydrogen) atoms. The molecule has 0 saturated carbocycles. The van der Waals surface area contributed by atoms with Gasteiger partial charge >= 0.3 is 0 Å². The second-order valence-corrected chi connectivity index (χ2v) is 3.34. The number of rotatable bonds is 2. The second kappa shape index (κ2) is 4.02. The molecule has 1 aliphatic heterocycles. The molecule has 3 heteroatoms. The van der Waals surface area contributed by atoms with Crippen molar-refractivity contribution in [3.8, 4) is 0 Å². The van der Waals surface area contributed by atoms with E-state index in [1.165, 1.54) is 0 Å². The van der Waals surface area contributed by atoms with Crippen LogP contribution < -0.4 is 0 Å². The molecule has 1 saturated heterocycles. The minimum Gasteiger partial charge on any atom is -0.393 e. The highest BCUT2D eigenvalue weighted by atomic mass is 19.1. The van der Waals surface area contributed by atoms with E-state index in [9.17, 15) is 4.39 Å². The molecule has 0 aromatic heterocycles. The fourth-order valence-electron chi connectivity index (χ4n) is 1.54. The number of hydrogen-bond donors (Lipinski definition) is 1. The first kappa shape index (κ1) is 8.94. The van der Waals surface area contributed by atoms with Crippen molar-refractivity contribution in [2.45, 2.75) is 19.0 Å². The van der Waals surface area contributed by atoms with Gasteiger partial charge in [-0.1, -0.05) is 0 Å². The van der Waals surface area contributed by atoms with Gasteiger partial charge in [0.15, 0.2) is 0 Å². The van der Waals surface area contributed by atoms with Gasteiger partial charge in [-0.15, -0.1) is 0 Å². The van der Waals surface area contributed by atoms with Crippen LogP contribution in [0.5, 0.6) is 0 Å². The van der Waals surface area contributed by atoms with Crippen molar-refractivity contribution in [2.75, 3.05) is 26.7 Å². The zero-order chi connectivity index (χ0) is 8.27. The number of likely N-dealkylation sites (tertiary alicyclic amines) is 1. The molecule has 0 amide bonds. The minimum absolute atomic E-state index is 0.0937. The Bertz CT molecular complexity index is 113. The summed E-state index contributed by atoms with van der Waals surface area (Å²) in [6, 6.07) is 0. The molecule has 1 heterocycles. The maximum atomic E-state index is 12.9.